The first kappa shape index (κ1) is 17.3. The van der Waals surface area contributed by atoms with Crippen LogP contribution >= 0.6 is 0 Å². The van der Waals surface area contributed by atoms with Gasteiger partial charge in [-0.25, -0.2) is 9.97 Å². The van der Waals surface area contributed by atoms with Gasteiger partial charge in [0.1, 0.15) is 0 Å². The van der Waals surface area contributed by atoms with Crippen LogP contribution in [0.1, 0.15) is 17.7 Å². The van der Waals surface area contributed by atoms with Gasteiger partial charge in [-0.15, -0.1) is 0 Å². The molecule has 28 heavy (non-hydrogen) atoms. The summed E-state index contributed by atoms with van der Waals surface area (Å²) in [7, 11) is 0. The molecule has 1 aromatic heterocycles. The average molecular weight is 374 g/mol. The molecule has 0 radical (unpaired) electrons. The van der Waals surface area contributed by atoms with E-state index in [0.717, 1.165) is 23.4 Å². The van der Waals surface area contributed by atoms with Crippen molar-refractivity contribution in [2.75, 3.05) is 25.1 Å². The first-order chi connectivity index (χ1) is 13.8. The van der Waals surface area contributed by atoms with Crippen LogP contribution < -0.4 is 5.32 Å². The van der Waals surface area contributed by atoms with Gasteiger partial charge in [0.25, 0.3) is 0 Å². The Hall–Kier alpha value is -2.83. The van der Waals surface area contributed by atoms with Gasteiger partial charge in [-0.3, -0.25) is 4.99 Å². The van der Waals surface area contributed by atoms with Gasteiger partial charge in [-0.05, 0) is 35.8 Å². The molecule has 2 aliphatic heterocycles. The third kappa shape index (κ3) is 3.37. The maximum atomic E-state index is 5.82. The van der Waals surface area contributed by atoms with Gasteiger partial charge in [0, 0.05) is 30.2 Å². The normalized spacial score (nSPS) is 27.4. The molecule has 0 saturated heterocycles. The van der Waals surface area contributed by atoms with E-state index in [1.807, 2.05) is 55.0 Å². The number of aliphatic imine (C=N–C) groups is 1. The van der Waals surface area contributed by atoms with Crippen molar-refractivity contribution in [3.8, 4) is 0 Å². The second-order valence-electron chi connectivity index (χ2n) is 7.37. The molecular formula is C22H22N4O2. The van der Waals surface area contributed by atoms with Crippen LogP contribution in [-0.2, 0) is 21.5 Å². The van der Waals surface area contributed by atoms with Crippen molar-refractivity contribution in [2.45, 2.75) is 18.4 Å². The average Bonchev–Trinajstić information content (AvgIpc) is 3.47. The fourth-order valence-corrected chi connectivity index (χ4v) is 3.90. The van der Waals surface area contributed by atoms with Gasteiger partial charge in [-0.1, -0.05) is 24.3 Å². The Kier molecular flexibility index (Phi) is 4.50. The van der Waals surface area contributed by atoms with Crippen LogP contribution in [0.4, 0.5) is 11.6 Å². The first-order valence-electron chi connectivity index (χ1n) is 9.57. The highest BCUT2D eigenvalue weighted by Gasteiger charge is 2.58. The van der Waals surface area contributed by atoms with E-state index in [0.29, 0.717) is 38.3 Å². The van der Waals surface area contributed by atoms with Crippen molar-refractivity contribution >= 4 is 17.9 Å². The molecule has 0 amide bonds. The summed E-state index contributed by atoms with van der Waals surface area (Å²) in [5, 5.41) is 3.32. The van der Waals surface area contributed by atoms with Crippen molar-refractivity contribution < 1.29 is 9.47 Å². The summed E-state index contributed by atoms with van der Waals surface area (Å²) in [5.41, 5.74) is 4.16. The molecule has 1 saturated carbocycles. The molecule has 2 aromatic rings. The standard InChI is InChI=1S/C22H22N4O2/c1-2-9-28-14-17-12-23-15-22(11-19(17)22)20-6-7-24-21(26-20)25-18-5-3-4-16(10-18)13-27-8-1/h1-7,10,12,15,19H,8-9,11,13-14H2,(H,24,25,26)/b2-1+. The molecule has 5 rings (SSSR count). The lowest BCUT2D eigenvalue weighted by molar-refractivity contribution is 0.146. The second-order valence-corrected chi connectivity index (χ2v) is 7.37. The molecule has 1 aliphatic carbocycles. The van der Waals surface area contributed by atoms with Crippen molar-refractivity contribution in [2.24, 2.45) is 10.9 Å². The van der Waals surface area contributed by atoms with Crippen molar-refractivity contribution in [3.63, 3.8) is 0 Å². The maximum Gasteiger partial charge on any atom is 0.227 e. The van der Waals surface area contributed by atoms with Crippen molar-refractivity contribution in [1.29, 1.82) is 0 Å². The summed E-state index contributed by atoms with van der Waals surface area (Å²) >= 11 is 0. The third-order valence-electron chi connectivity index (χ3n) is 5.44. The smallest absolute Gasteiger partial charge is 0.227 e. The Labute approximate surface area is 164 Å². The number of nitrogens with one attached hydrogen (secondary N) is 1. The highest BCUT2D eigenvalue weighted by Crippen LogP contribution is 2.57. The molecule has 3 heterocycles. The van der Waals surface area contributed by atoms with Gasteiger partial charge < -0.3 is 14.8 Å². The number of ether oxygens (including phenoxy) is 2. The van der Waals surface area contributed by atoms with Crippen molar-refractivity contribution in [1.82, 2.24) is 9.97 Å². The lowest BCUT2D eigenvalue weighted by Gasteiger charge is -2.17. The minimum Gasteiger partial charge on any atom is -0.373 e. The first-order valence-corrected chi connectivity index (χ1v) is 9.57. The van der Waals surface area contributed by atoms with E-state index in [4.69, 9.17) is 14.5 Å². The number of hydrogen-bond donors (Lipinski definition) is 1. The van der Waals surface area contributed by atoms with Gasteiger partial charge in [0.15, 0.2) is 0 Å². The van der Waals surface area contributed by atoms with E-state index in [1.165, 1.54) is 5.57 Å². The lowest BCUT2D eigenvalue weighted by atomic mass is 9.95. The second kappa shape index (κ2) is 7.30. The molecule has 3 aliphatic rings. The van der Waals surface area contributed by atoms with Gasteiger partial charge in [-0.2, -0.15) is 0 Å². The number of benzene rings is 1. The number of hydrogen-bond acceptors (Lipinski definition) is 6. The van der Waals surface area contributed by atoms with E-state index >= 15 is 0 Å². The minimum atomic E-state index is -0.121. The number of anilines is 2. The van der Waals surface area contributed by atoms with Crippen LogP contribution in [0.2, 0.25) is 0 Å². The summed E-state index contributed by atoms with van der Waals surface area (Å²) < 4.78 is 11.5. The lowest BCUT2D eigenvalue weighted by Crippen LogP contribution is -2.19. The Bertz CT molecular complexity index is 969. The third-order valence-corrected chi connectivity index (χ3v) is 5.44. The van der Waals surface area contributed by atoms with E-state index in [1.54, 1.807) is 0 Å². The zero-order valence-electron chi connectivity index (χ0n) is 15.5. The Balaban J connectivity index is 1.46. The Morgan fingerprint density at radius 2 is 1.96 bits per heavy atom. The van der Waals surface area contributed by atoms with Crippen LogP contribution in [0.5, 0.6) is 0 Å². The molecule has 6 heteroatoms. The van der Waals surface area contributed by atoms with Gasteiger partial charge in [0.05, 0.1) is 37.5 Å². The van der Waals surface area contributed by atoms with Crippen LogP contribution in [0, 0.1) is 5.92 Å². The molecule has 1 aromatic carbocycles. The zero-order valence-corrected chi connectivity index (χ0v) is 15.5. The van der Waals surface area contributed by atoms with Gasteiger partial charge >= 0.3 is 0 Å². The predicted octanol–water partition coefficient (Wildman–Crippen LogP) is 3.55. The van der Waals surface area contributed by atoms with E-state index in [-0.39, 0.29) is 5.41 Å². The summed E-state index contributed by atoms with van der Waals surface area (Å²) in [4.78, 5) is 13.7. The molecular weight excluding hydrogens is 352 g/mol. The maximum absolute atomic E-state index is 5.82. The van der Waals surface area contributed by atoms with Crippen LogP contribution in [0.15, 0.2) is 65.4 Å². The summed E-state index contributed by atoms with van der Waals surface area (Å²) in [6.07, 6.45) is 10.8. The predicted molar refractivity (Wildman–Crippen MR) is 108 cm³/mol. The molecule has 6 nitrogen and oxygen atoms in total. The summed E-state index contributed by atoms with van der Waals surface area (Å²) in [6, 6.07) is 10.1. The summed E-state index contributed by atoms with van der Waals surface area (Å²) in [6.45, 7) is 2.28. The molecule has 2 unspecified atom stereocenters. The summed E-state index contributed by atoms with van der Waals surface area (Å²) in [5.74, 6) is 1.00. The van der Waals surface area contributed by atoms with E-state index in [9.17, 15) is 0 Å². The topological polar surface area (TPSA) is 68.6 Å². The zero-order chi connectivity index (χ0) is 18.8. The fraction of sp³-hybridized carbons (Fsp3) is 0.318. The Morgan fingerprint density at radius 1 is 1.07 bits per heavy atom. The minimum absolute atomic E-state index is 0.121. The highest BCUT2D eigenvalue weighted by molar-refractivity contribution is 5.81. The molecule has 1 fully saturated rings. The van der Waals surface area contributed by atoms with Crippen LogP contribution in [0.25, 0.3) is 0 Å². The molecule has 142 valence electrons. The monoisotopic (exact) mass is 374 g/mol. The molecule has 1 N–H and O–H groups in total. The quantitative estimate of drug-likeness (QED) is 0.714. The van der Waals surface area contributed by atoms with Crippen LogP contribution in [-0.4, -0.2) is 36.0 Å². The fourth-order valence-electron chi connectivity index (χ4n) is 3.90. The molecule has 0 spiro atoms. The largest absolute Gasteiger partial charge is 0.373 e. The SMILES string of the molecule is C1=NC=C2COC/C=C/COCc3cccc(c3)Nc3nccc(n3)C13CC23. The Morgan fingerprint density at radius 3 is 2.89 bits per heavy atom. The van der Waals surface area contributed by atoms with Crippen molar-refractivity contribution in [3.05, 3.63) is 71.7 Å². The number of aromatic nitrogens is 2. The number of rotatable bonds is 0. The molecule has 6 bridgehead atoms. The highest BCUT2D eigenvalue weighted by atomic mass is 16.5. The van der Waals surface area contributed by atoms with E-state index < -0.39 is 0 Å². The van der Waals surface area contributed by atoms with E-state index in [2.05, 4.69) is 21.4 Å². The molecule has 2 atom stereocenters. The number of nitrogens with zero attached hydrogens (tertiary/aromatic N) is 3. The van der Waals surface area contributed by atoms with Crippen LogP contribution in [0.3, 0.4) is 0 Å². The van der Waals surface area contributed by atoms with Gasteiger partial charge in [0.2, 0.25) is 5.95 Å². The number of fused-ring (bicyclic) bond motifs is 4.